The summed E-state index contributed by atoms with van der Waals surface area (Å²) in [5, 5.41) is 3.17. The van der Waals surface area contributed by atoms with Gasteiger partial charge in [-0.2, -0.15) is 0 Å². The molecule has 0 bridgehead atoms. The van der Waals surface area contributed by atoms with Gasteiger partial charge in [0.1, 0.15) is 5.75 Å². The molecule has 1 saturated heterocycles. The molecule has 3 rings (SSSR count). The summed E-state index contributed by atoms with van der Waals surface area (Å²) in [6.07, 6.45) is 3.22. The molecule has 0 aliphatic carbocycles. The van der Waals surface area contributed by atoms with Crippen LogP contribution in [-0.2, 0) is 0 Å². The lowest BCUT2D eigenvalue weighted by atomic mass is 9.99. The van der Waals surface area contributed by atoms with Gasteiger partial charge < -0.3 is 20.7 Å². The van der Waals surface area contributed by atoms with Gasteiger partial charge in [0.05, 0.1) is 13.2 Å². The number of hydrogen-bond donors (Lipinski definition) is 2. The molecule has 1 aliphatic heterocycles. The minimum atomic E-state index is -0.235. The first-order valence-electron chi connectivity index (χ1n) is 12.1. The van der Waals surface area contributed by atoms with E-state index in [1.165, 1.54) is 6.20 Å². The Morgan fingerprint density at radius 2 is 1.89 bits per heavy atom. The van der Waals surface area contributed by atoms with Crippen LogP contribution >= 0.6 is 0 Å². The Hall–Kier alpha value is -3.32. The van der Waals surface area contributed by atoms with E-state index in [0.29, 0.717) is 23.4 Å². The molecule has 1 aliphatic rings. The van der Waals surface area contributed by atoms with Crippen molar-refractivity contribution in [2.75, 3.05) is 39.2 Å². The summed E-state index contributed by atoms with van der Waals surface area (Å²) >= 11 is 0. The summed E-state index contributed by atoms with van der Waals surface area (Å²) in [4.78, 5) is 22.2. The van der Waals surface area contributed by atoms with Gasteiger partial charge in [-0.3, -0.25) is 14.7 Å². The maximum Gasteiger partial charge on any atom is 0.252 e. The number of amides is 1. The highest BCUT2D eigenvalue weighted by atomic mass is 16.5. The maximum atomic E-state index is 13.4. The standard InChI is InChI=1S/C28H39N5O2/c1-18-8-9-25(33-16-19(2)32(6)20(3)17-33)13-27(18)28(34)31-21(4)22-10-23(12-26(11-22)35-7)24(14-29)15-30-5/h8-15,19-21H,16-17,29H2,1-7H3,(H,31,34)/t19-,20+,21-/m1/s1. The van der Waals surface area contributed by atoms with Gasteiger partial charge in [0.25, 0.3) is 5.91 Å². The first-order chi connectivity index (χ1) is 16.7. The number of aliphatic imine (C=N–C) groups is 1. The van der Waals surface area contributed by atoms with E-state index in [0.717, 1.165) is 41.0 Å². The molecule has 0 unspecified atom stereocenters. The van der Waals surface area contributed by atoms with Gasteiger partial charge >= 0.3 is 0 Å². The normalized spacial score (nSPS) is 20.2. The van der Waals surface area contributed by atoms with Crippen LogP contribution in [0.15, 0.2) is 47.6 Å². The molecule has 2 aromatic carbocycles. The topological polar surface area (TPSA) is 83.2 Å². The number of carbonyl (C=O) groups is 1. The van der Waals surface area contributed by atoms with Crippen molar-refractivity contribution >= 4 is 23.4 Å². The zero-order chi connectivity index (χ0) is 25.7. The third kappa shape index (κ3) is 6.03. The average molecular weight is 478 g/mol. The molecule has 3 N–H and O–H groups in total. The highest BCUT2D eigenvalue weighted by Crippen LogP contribution is 2.27. The average Bonchev–Trinajstić information content (AvgIpc) is 2.85. The summed E-state index contributed by atoms with van der Waals surface area (Å²) < 4.78 is 5.50. The van der Waals surface area contributed by atoms with Crippen molar-refractivity contribution in [3.8, 4) is 5.75 Å². The molecule has 7 nitrogen and oxygen atoms in total. The SMILES string of the molecule is CN=CC(=CN)c1cc(OC)cc([C@@H](C)NC(=O)c2cc(N3C[C@@H](C)N(C)[C@@H](C)C3)ccc2C)c1. The number of nitrogens with zero attached hydrogens (tertiary/aromatic N) is 3. The molecule has 2 aromatic rings. The molecule has 7 heteroatoms. The van der Waals surface area contributed by atoms with Crippen LogP contribution in [0, 0.1) is 6.92 Å². The van der Waals surface area contributed by atoms with Gasteiger partial charge in [0, 0.05) is 61.5 Å². The van der Waals surface area contributed by atoms with E-state index in [4.69, 9.17) is 10.5 Å². The number of allylic oxidation sites excluding steroid dienone is 1. The number of rotatable bonds is 7. The molecule has 35 heavy (non-hydrogen) atoms. The number of piperazine rings is 1. The molecule has 188 valence electrons. The smallest absolute Gasteiger partial charge is 0.252 e. The van der Waals surface area contributed by atoms with Crippen molar-refractivity contribution in [3.05, 3.63) is 64.9 Å². The van der Waals surface area contributed by atoms with Crippen LogP contribution in [0.4, 0.5) is 5.69 Å². The van der Waals surface area contributed by atoms with Crippen LogP contribution in [0.5, 0.6) is 5.75 Å². The van der Waals surface area contributed by atoms with E-state index >= 15 is 0 Å². The van der Waals surface area contributed by atoms with E-state index < -0.39 is 0 Å². The Labute approximate surface area is 209 Å². The predicted octanol–water partition coefficient (Wildman–Crippen LogP) is 4.02. The highest BCUT2D eigenvalue weighted by Gasteiger charge is 2.27. The number of likely N-dealkylation sites (N-methyl/N-ethyl adjacent to an activating group) is 1. The lowest BCUT2D eigenvalue weighted by molar-refractivity contribution is 0.0939. The van der Waals surface area contributed by atoms with Crippen LogP contribution in [-0.4, -0.2) is 63.4 Å². The third-order valence-corrected chi connectivity index (χ3v) is 6.98. The first-order valence-corrected chi connectivity index (χ1v) is 12.1. The van der Waals surface area contributed by atoms with E-state index in [1.807, 2.05) is 44.2 Å². The summed E-state index contributed by atoms with van der Waals surface area (Å²) in [6.45, 7) is 10.3. The number of nitrogens with one attached hydrogen (secondary N) is 1. The molecule has 0 spiro atoms. The fourth-order valence-corrected chi connectivity index (χ4v) is 4.53. The molecule has 0 saturated carbocycles. The number of aryl methyl sites for hydroxylation is 1. The highest BCUT2D eigenvalue weighted by molar-refractivity contribution is 6.09. The Kier molecular flexibility index (Phi) is 8.57. The summed E-state index contributed by atoms with van der Waals surface area (Å²) in [5.74, 6) is 0.597. The van der Waals surface area contributed by atoms with Gasteiger partial charge in [-0.25, -0.2) is 0 Å². The monoisotopic (exact) mass is 477 g/mol. The van der Waals surface area contributed by atoms with E-state index in [9.17, 15) is 4.79 Å². The number of methoxy groups -OCH3 is 1. The first kappa shape index (κ1) is 26.3. The zero-order valence-corrected chi connectivity index (χ0v) is 22.0. The number of carbonyl (C=O) groups excluding carboxylic acids is 1. The number of anilines is 1. The molecular formula is C28H39N5O2. The molecule has 0 radical (unpaired) electrons. The quantitative estimate of drug-likeness (QED) is 0.589. The van der Waals surface area contributed by atoms with E-state index in [2.05, 4.69) is 47.1 Å². The minimum Gasteiger partial charge on any atom is -0.497 e. The lowest BCUT2D eigenvalue weighted by Crippen LogP contribution is -2.55. The van der Waals surface area contributed by atoms with Gasteiger partial charge in [-0.05, 0) is 81.8 Å². The van der Waals surface area contributed by atoms with Crippen molar-refractivity contribution in [3.63, 3.8) is 0 Å². The minimum absolute atomic E-state index is 0.0962. The Morgan fingerprint density at radius 3 is 2.49 bits per heavy atom. The lowest BCUT2D eigenvalue weighted by Gasteiger charge is -2.43. The molecule has 3 atom stereocenters. The summed E-state index contributed by atoms with van der Waals surface area (Å²) in [5.41, 5.74) is 11.1. The van der Waals surface area contributed by atoms with Crippen molar-refractivity contribution in [1.82, 2.24) is 10.2 Å². The van der Waals surface area contributed by atoms with Crippen LogP contribution in [0.25, 0.3) is 5.57 Å². The molecule has 1 amide bonds. The van der Waals surface area contributed by atoms with Gasteiger partial charge in [0.2, 0.25) is 0 Å². The predicted molar refractivity (Wildman–Crippen MR) is 146 cm³/mol. The zero-order valence-electron chi connectivity index (χ0n) is 22.0. The van der Waals surface area contributed by atoms with Gasteiger partial charge in [-0.1, -0.05) is 6.07 Å². The van der Waals surface area contributed by atoms with Crippen molar-refractivity contribution < 1.29 is 9.53 Å². The Morgan fingerprint density at radius 1 is 1.20 bits per heavy atom. The number of nitrogens with two attached hydrogens (primary N) is 1. The Balaban J connectivity index is 1.84. The molecule has 1 heterocycles. The largest absolute Gasteiger partial charge is 0.497 e. The van der Waals surface area contributed by atoms with E-state index in [1.54, 1.807) is 20.4 Å². The second-order valence-electron chi connectivity index (χ2n) is 9.47. The summed E-state index contributed by atoms with van der Waals surface area (Å²) in [7, 11) is 5.50. The molecule has 0 aromatic heterocycles. The van der Waals surface area contributed by atoms with Crippen LogP contribution in [0.3, 0.4) is 0 Å². The maximum absolute atomic E-state index is 13.4. The molecule has 1 fully saturated rings. The number of benzene rings is 2. The van der Waals surface area contributed by atoms with Crippen LogP contribution in [0.2, 0.25) is 0 Å². The summed E-state index contributed by atoms with van der Waals surface area (Å²) in [6, 6.07) is 12.7. The third-order valence-electron chi connectivity index (χ3n) is 6.98. The number of ether oxygens (including phenoxy) is 1. The second kappa shape index (κ2) is 11.4. The van der Waals surface area contributed by atoms with Gasteiger partial charge in [0.15, 0.2) is 0 Å². The van der Waals surface area contributed by atoms with E-state index in [-0.39, 0.29) is 11.9 Å². The van der Waals surface area contributed by atoms with Crippen LogP contribution in [0.1, 0.15) is 53.9 Å². The van der Waals surface area contributed by atoms with Crippen molar-refractivity contribution in [2.45, 2.75) is 45.8 Å². The fraction of sp³-hybridized carbons (Fsp3) is 0.429. The fourth-order valence-electron chi connectivity index (χ4n) is 4.53. The van der Waals surface area contributed by atoms with Gasteiger partial charge in [-0.15, -0.1) is 0 Å². The Bertz CT molecular complexity index is 1100. The van der Waals surface area contributed by atoms with Crippen molar-refractivity contribution in [2.24, 2.45) is 10.7 Å². The number of hydrogen-bond acceptors (Lipinski definition) is 6. The van der Waals surface area contributed by atoms with Crippen LogP contribution < -0.4 is 20.7 Å². The van der Waals surface area contributed by atoms with Crippen molar-refractivity contribution in [1.29, 1.82) is 0 Å². The second-order valence-corrected chi connectivity index (χ2v) is 9.47. The molecular weight excluding hydrogens is 438 g/mol.